The Labute approximate surface area is 160 Å². The first kappa shape index (κ1) is 21.6. The average molecular weight is 404 g/mol. The molecule has 156 valence electrons. The van der Waals surface area contributed by atoms with Crippen LogP contribution in [0.3, 0.4) is 0 Å². The van der Waals surface area contributed by atoms with E-state index in [1.807, 2.05) is 0 Å². The van der Waals surface area contributed by atoms with Crippen molar-refractivity contribution in [2.45, 2.75) is 51.5 Å². The molecule has 10 heteroatoms. The number of carbonyl (C=O) groups excluding carboxylic acids is 1. The Morgan fingerprint density at radius 2 is 2.07 bits per heavy atom. The average Bonchev–Trinajstić information content (AvgIpc) is 2.57. The number of amides is 1. The molecule has 3 N–H and O–H groups in total. The summed E-state index contributed by atoms with van der Waals surface area (Å²) in [6.45, 7) is 3.68. The third-order valence-corrected chi connectivity index (χ3v) is 4.46. The van der Waals surface area contributed by atoms with Gasteiger partial charge in [-0.3, -0.25) is 10.1 Å². The largest absolute Gasteiger partial charge is 0.486 e. The number of hydrogen-bond donors (Lipinski definition) is 3. The molecule has 0 bridgehead atoms. The first-order valence-electron chi connectivity index (χ1n) is 8.77. The number of anilines is 2. The fourth-order valence-corrected chi connectivity index (χ4v) is 2.62. The SMILES string of the molecule is CC[C@@H](C[C@H]1CNc2cc(NC(=O)OC(C)(C)C(F)(F)F)ccc2O1)C(=O)O. The Balaban J connectivity index is 2.00. The quantitative estimate of drug-likeness (QED) is 0.656. The molecule has 0 aromatic heterocycles. The minimum Gasteiger partial charge on any atom is -0.486 e. The van der Waals surface area contributed by atoms with E-state index in [0.717, 1.165) is 13.8 Å². The predicted molar refractivity (Wildman–Crippen MR) is 95.6 cm³/mol. The van der Waals surface area contributed by atoms with Crippen molar-refractivity contribution in [1.82, 2.24) is 0 Å². The summed E-state index contributed by atoms with van der Waals surface area (Å²) in [4.78, 5) is 22.9. The molecule has 0 fully saturated rings. The summed E-state index contributed by atoms with van der Waals surface area (Å²) in [7, 11) is 0. The standard InChI is InChI=1S/C18H23F3N2O5/c1-4-10(15(24)25)7-12-9-22-13-8-11(5-6-14(13)27-12)23-16(26)28-17(2,3)18(19,20)21/h5-6,8,10,12,22H,4,7,9H2,1-3H3,(H,23,26)(H,24,25)/t10-,12-/m0/s1. The number of carboxylic acids is 1. The number of fused-ring (bicyclic) bond motifs is 1. The van der Waals surface area contributed by atoms with Crippen molar-refractivity contribution in [1.29, 1.82) is 0 Å². The highest BCUT2D eigenvalue weighted by molar-refractivity contribution is 5.86. The maximum atomic E-state index is 12.8. The van der Waals surface area contributed by atoms with Gasteiger partial charge in [-0.2, -0.15) is 13.2 Å². The highest BCUT2D eigenvalue weighted by Crippen LogP contribution is 2.35. The Hall–Kier alpha value is -2.65. The monoisotopic (exact) mass is 404 g/mol. The van der Waals surface area contributed by atoms with E-state index in [1.165, 1.54) is 12.1 Å². The Morgan fingerprint density at radius 1 is 1.39 bits per heavy atom. The Kier molecular flexibility index (Phi) is 6.30. The van der Waals surface area contributed by atoms with Crippen molar-refractivity contribution in [3.63, 3.8) is 0 Å². The minimum absolute atomic E-state index is 0.230. The highest BCUT2D eigenvalue weighted by Gasteiger charge is 2.51. The second-order valence-corrected chi connectivity index (χ2v) is 7.03. The van der Waals surface area contributed by atoms with Gasteiger partial charge < -0.3 is 19.9 Å². The summed E-state index contributed by atoms with van der Waals surface area (Å²) in [5.41, 5.74) is -1.86. The first-order chi connectivity index (χ1) is 12.9. The van der Waals surface area contributed by atoms with E-state index in [1.54, 1.807) is 13.0 Å². The van der Waals surface area contributed by atoms with Gasteiger partial charge in [-0.05, 0) is 44.9 Å². The lowest BCUT2D eigenvalue weighted by atomic mass is 9.98. The number of carboxylic acid groups (broad SMARTS) is 1. The molecule has 0 radical (unpaired) electrons. The summed E-state index contributed by atoms with van der Waals surface area (Å²) >= 11 is 0. The molecule has 0 saturated heterocycles. The van der Waals surface area contributed by atoms with E-state index in [4.69, 9.17) is 9.84 Å². The number of ether oxygens (including phenoxy) is 2. The van der Waals surface area contributed by atoms with Crippen molar-refractivity contribution in [3.8, 4) is 5.75 Å². The number of rotatable bonds is 6. The van der Waals surface area contributed by atoms with Gasteiger partial charge in [0.25, 0.3) is 0 Å². The van der Waals surface area contributed by atoms with E-state index in [0.29, 0.717) is 30.8 Å². The summed E-state index contributed by atoms with van der Waals surface area (Å²) in [5.74, 6) is -0.927. The molecule has 2 atom stereocenters. The van der Waals surface area contributed by atoms with Gasteiger partial charge in [-0.25, -0.2) is 4.79 Å². The van der Waals surface area contributed by atoms with Gasteiger partial charge in [0.1, 0.15) is 11.9 Å². The fourth-order valence-electron chi connectivity index (χ4n) is 2.62. The molecule has 1 aliphatic heterocycles. The van der Waals surface area contributed by atoms with Crippen LogP contribution in [0.1, 0.15) is 33.6 Å². The van der Waals surface area contributed by atoms with Crippen molar-refractivity contribution in [3.05, 3.63) is 18.2 Å². The topological polar surface area (TPSA) is 96.9 Å². The van der Waals surface area contributed by atoms with Gasteiger partial charge in [0.15, 0.2) is 0 Å². The normalized spacial score (nSPS) is 17.6. The highest BCUT2D eigenvalue weighted by atomic mass is 19.4. The third-order valence-electron chi connectivity index (χ3n) is 4.46. The molecular weight excluding hydrogens is 381 g/mol. The van der Waals surface area contributed by atoms with Gasteiger partial charge in [-0.15, -0.1) is 0 Å². The molecule has 1 aliphatic rings. The predicted octanol–water partition coefficient (Wildman–Crippen LogP) is 4.25. The molecule has 2 rings (SSSR count). The van der Waals surface area contributed by atoms with Gasteiger partial charge in [0.2, 0.25) is 5.60 Å². The number of alkyl halides is 3. The molecule has 0 spiro atoms. The van der Waals surface area contributed by atoms with Crippen LogP contribution in [0.2, 0.25) is 0 Å². The lowest BCUT2D eigenvalue weighted by molar-refractivity contribution is -0.242. The molecule has 1 aromatic rings. The molecular formula is C18H23F3N2O5. The van der Waals surface area contributed by atoms with E-state index >= 15 is 0 Å². The zero-order valence-electron chi connectivity index (χ0n) is 15.7. The molecule has 28 heavy (non-hydrogen) atoms. The lowest BCUT2D eigenvalue weighted by Crippen LogP contribution is -2.44. The summed E-state index contributed by atoms with van der Waals surface area (Å²) in [5, 5.41) is 14.5. The molecule has 1 aromatic carbocycles. The second-order valence-electron chi connectivity index (χ2n) is 7.03. The van der Waals surface area contributed by atoms with E-state index in [2.05, 4.69) is 15.4 Å². The number of benzene rings is 1. The molecule has 0 aliphatic carbocycles. The maximum absolute atomic E-state index is 12.8. The van der Waals surface area contributed by atoms with Crippen molar-refractivity contribution in [2.24, 2.45) is 5.92 Å². The van der Waals surface area contributed by atoms with Crippen LogP contribution >= 0.6 is 0 Å². The van der Waals surface area contributed by atoms with Gasteiger partial charge in [-0.1, -0.05) is 6.92 Å². The number of nitrogens with one attached hydrogen (secondary N) is 2. The van der Waals surface area contributed by atoms with Crippen LogP contribution in [0, 0.1) is 5.92 Å². The molecule has 0 unspecified atom stereocenters. The number of carbonyl (C=O) groups is 2. The summed E-state index contributed by atoms with van der Waals surface area (Å²) in [6.07, 6.45) is -5.43. The first-order valence-corrected chi connectivity index (χ1v) is 8.77. The van der Waals surface area contributed by atoms with Crippen LogP contribution < -0.4 is 15.4 Å². The van der Waals surface area contributed by atoms with Crippen LogP contribution in [0.5, 0.6) is 5.75 Å². The van der Waals surface area contributed by atoms with E-state index < -0.39 is 29.8 Å². The fraction of sp³-hybridized carbons (Fsp3) is 0.556. The van der Waals surface area contributed by atoms with Crippen molar-refractivity contribution >= 4 is 23.4 Å². The van der Waals surface area contributed by atoms with Crippen LogP contribution in [0.25, 0.3) is 0 Å². The smallest absolute Gasteiger partial charge is 0.427 e. The van der Waals surface area contributed by atoms with Gasteiger partial charge >= 0.3 is 18.2 Å². The van der Waals surface area contributed by atoms with Crippen LogP contribution in [0.15, 0.2) is 18.2 Å². The van der Waals surface area contributed by atoms with Crippen LogP contribution in [0.4, 0.5) is 29.3 Å². The zero-order valence-corrected chi connectivity index (χ0v) is 15.7. The van der Waals surface area contributed by atoms with Crippen LogP contribution in [-0.4, -0.2) is 41.6 Å². The molecule has 7 nitrogen and oxygen atoms in total. The van der Waals surface area contributed by atoms with Gasteiger partial charge in [0, 0.05) is 5.69 Å². The maximum Gasteiger partial charge on any atom is 0.427 e. The third kappa shape index (κ3) is 5.20. The van der Waals surface area contributed by atoms with E-state index in [-0.39, 0.29) is 11.8 Å². The second kappa shape index (κ2) is 8.15. The minimum atomic E-state index is -4.70. The van der Waals surface area contributed by atoms with Crippen molar-refractivity contribution in [2.75, 3.05) is 17.2 Å². The van der Waals surface area contributed by atoms with Crippen molar-refractivity contribution < 1.29 is 37.3 Å². The summed E-state index contributed by atoms with van der Waals surface area (Å²) in [6, 6.07) is 4.50. The number of halogens is 3. The number of hydrogen-bond acceptors (Lipinski definition) is 5. The van der Waals surface area contributed by atoms with Gasteiger partial charge in [0.05, 0.1) is 18.2 Å². The summed E-state index contributed by atoms with van der Waals surface area (Å²) < 4.78 is 48.6. The molecule has 1 amide bonds. The number of aliphatic carboxylic acids is 1. The zero-order chi connectivity index (χ0) is 21.1. The Bertz CT molecular complexity index is 736. The lowest BCUT2D eigenvalue weighted by Gasteiger charge is -2.29. The molecule has 0 saturated carbocycles. The van der Waals surface area contributed by atoms with Crippen LogP contribution in [-0.2, 0) is 9.53 Å². The van der Waals surface area contributed by atoms with E-state index in [9.17, 15) is 22.8 Å². The Morgan fingerprint density at radius 3 is 2.64 bits per heavy atom. The molecule has 1 heterocycles.